The van der Waals surface area contributed by atoms with E-state index in [0.717, 1.165) is 32.2 Å². The van der Waals surface area contributed by atoms with Crippen LogP contribution in [0.15, 0.2) is 18.6 Å². The molecule has 3 rings (SSSR count). The molecular formula is C15H20N4O2. The number of hydrogen-bond acceptors (Lipinski definition) is 4. The van der Waals surface area contributed by atoms with Crippen molar-refractivity contribution < 1.29 is 9.59 Å². The highest BCUT2D eigenvalue weighted by atomic mass is 16.2. The Bertz CT molecular complexity index is 544. The molecule has 1 aromatic rings. The molecule has 3 heterocycles. The SMILES string of the molecule is CN1C(=O)CCC[C@]12CCCN(C(=O)c1cnccn1)C2. The van der Waals surface area contributed by atoms with Gasteiger partial charge in [0.2, 0.25) is 5.91 Å². The molecule has 1 atom stereocenters. The van der Waals surface area contributed by atoms with Crippen molar-refractivity contribution >= 4 is 11.8 Å². The van der Waals surface area contributed by atoms with Crippen LogP contribution in [0.3, 0.4) is 0 Å². The summed E-state index contributed by atoms with van der Waals surface area (Å²) in [6, 6.07) is 0. The molecule has 21 heavy (non-hydrogen) atoms. The Balaban J connectivity index is 1.80. The number of aromatic nitrogens is 2. The van der Waals surface area contributed by atoms with Crippen LogP contribution in [0.25, 0.3) is 0 Å². The van der Waals surface area contributed by atoms with E-state index in [2.05, 4.69) is 9.97 Å². The van der Waals surface area contributed by atoms with Gasteiger partial charge in [0.15, 0.2) is 0 Å². The van der Waals surface area contributed by atoms with Gasteiger partial charge in [-0.1, -0.05) is 0 Å². The minimum absolute atomic E-state index is 0.0893. The molecular weight excluding hydrogens is 268 g/mol. The quantitative estimate of drug-likeness (QED) is 0.776. The van der Waals surface area contributed by atoms with Gasteiger partial charge in [-0.3, -0.25) is 14.6 Å². The van der Waals surface area contributed by atoms with Gasteiger partial charge in [0.1, 0.15) is 5.69 Å². The second-order valence-electron chi connectivity index (χ2n) is 5.95. The molecule has 0 N–H and O–H groups in total. The number of likely N-dealkylation sites (N-methyl/N-ethyl adjacent to an activating group) is 1. The van der Waals surface area contributed by atoms with Crippen LogP contribution in [-0.4, -0.2) is 57.3 Å². The van der Waals surface area contributed by atoms with Crippen molar-refractivity contribution in [3.63, 3.8) is 0 Å². The Hall–Kier alpha value is -1.98. The average molecular weight is 288 g/mol. The summed E-state index contributed by atoms with van der Waals surface area (Å²) < 4.78 is 0. The first-order valence-electron chi connectivity index (χ1n) is 7.44. The van der Waals surface area contributed by atoms with Crippen LogP contribution < -0.4 is 0 Å². The van der Waals surface area contributed by atoms with Gasteiger partial charge in [0.05, 0.1) is 11.7 Å². The third-order valence-corrected chi connectivity index (χ3v) is 4.74. The summed E-state index contributed by atoms with van der Waals surface area (Å²) in [5.74, 6) is 0.101. The Labute approximate surface area is 124 Å². The van der Waals surface area contributed by atoms with Gasteiger partial charge in [-0.05, 0) is 25.7 Å². The van der Waals surface area contributed by atoms with Gasteiger partial charge in [-0.15, -0.1) is 0 Å². The third kappa shape index (κ3) is 2.50. The van der Waals surface area contributed by atoms with E-state index in [0.29, 0.717) is 18.7 Å². The van der Waals surface area contributed by atoms with E-state index in [9.17, 15) is 9.59 Å². The van der Waals surface area contributed by atoms with Gasteiger partial charge in [0.25, 0.3) is 5.91 Å². The van der Waals surface area contributed by atoms with Gasteiger partial charge < -0.3 is 9.80 Å². The molecule has 2 saturated heterocycles. The lowest BCUT2D eigenvalue weighted by atomic mass is 9.80. The van der Waals surface area contributed by atoms with E-state index >= 15 is 0 Å². The minimum Gasteiger partial charge on any atom is -0.338 e. The molecule has 2 fully saturated rings. The van der Waals surface area contributed by atoms with Crippen molar-refractivity contribution in [3.05, 3.63) is 24.3 Å². The molecule has 112 valence electrons. The number of nitrogens with zero attached hydrogens (tertiary/aromatic N) is 4. The number of carbonyl (C=O) groups is 2. The zero-order valence-electron chi connectivity index (χ0n) is 12.3. The summed E-state index contributed by atoms with van der Waals surface area (Å²) in [5.41, 5.74) is 0.185. The molecule has 1 spiro atoms. The second-order valence-corrected chi connectivity index (χ2v) is 5.95. The maximum absolute atomic E-state index is 12.5. The highest BCUT2D eigenvalue weighted by Gasteiger charge is 2.44. The topological polar surface area (TPSA) is 66.4 Å². The second kappa shape index (κ2) is 5.42. The lowest BCUT2D eigenvalue weighted by Gasteiger charge is -2.50. The number of piperidine rings is 2. The van der Waals surface area contributed by atoms with Gasteiger partial charge in [0, 0.05) is 39.0 Å². The number of likely N-dealkylation sites (tertiary alicyclic amines) is 2. The van der Waals surface area contributed by atoms with E-state index < -0.39 is 0 Å². The third-order valence-electron chi connectivity index (χ3n) is 4.74. The van der Waals surface area contributed by atoms with Gasteiger partial charge in [-0.25, -0.2) is 4.98 Å². The smallest absolute Gasteiger partial charge is 0.274 e. The van der Waals surface area contributed by atoms with Crippen molar-refractivity contribution in [1.82, 2.24) is 19.8 Å². The molecule has 0 unspecified atom stereocenters. The standard InChI is InChI=1S/C15H20N4O2/c1-18-13(20)4-2-5-15(18)6-3-9-19(11-15)14(21)12-10-16-7-8-17-12/h7-8,10H,2-6,9,11H2,1H3/t15-/m1/s1. The molecule has 2 amide bonds. The molecule has 0 bridgehead atoms. The van der Waals surface area contributed by atoms with E-state index in [-0.39, 0.29) is 17.4 Å². The molecule has 0 aromatic carbocycles. The molecule has 2 aliphatic rings. The normalized spacial score (nSPS) is 26.2. The van der Waals surface area contributed by atoms with E-state index in [1.807, 2.05) is 16.8 Å². The number of amides is 2. The molecule has 0 aliphatic carbocycles. The van der Waals surface area contributed by atoms with Crippen molar-refractivity contribution in [2.24, 2.45) is 0 Å². The highest BCUT2D eigenvalue weighted by molar-refractivity contribution is 5.92. The summed E-state index contributed by atoms with van der Waals surface area (Å²) >= 11 is 0. The molecule has 6 heteroatoms. The Morgan fingerprint density at radius 2 is 2.10 bits per heavy atom. The number of hydrogen-bond donors (Lipinski definition) is 0. The molecule has 0 saturated carbocycles. The summed E-state index contributed by atoms with van der Waals surface area (Å²) in [6.45, 7) is 1.32. The highest BCUT2D eigenvalue weighted by Crippen LogP contribution is 2.35. The Kier molecular flexibility index (Phi) is 3.61. The Morgan fingerprint density at radius 1 is 1.29 bits per heavy atom. The van der Waals surface area contributed by atoms with E-state index in [1.54, 1.807) is 6.20 Å². The zero-order valence-corrected chi connectivity index (χ0v) is 12.3. The first-order chi connectivity index (χ1) is 10.1. The predicted molar refractivity (Wildman–Crippen MR) is 76.5 cm³/mol. The number of rotatable bonds is 1. The zero-order chi connectivity index (χ0) is 14.9. The summed E-state index contributed by atoms with van der Waals surface area (Å²) in [6.07, 6.45) is 8.99. The van der Waals surface area contributed by atoms with Crippen LogP contribution in [-0.2, 0) is 4.79 Å². The monoisotopic (exact) mass is 288 g/mol. The average Bonchev–Trinajstić information content (AvgIpc) is 2.53. The van der Waals surface area contributed by atoms with E-state index in [4.69, 9.17) is 0 Å². The van der Waals surface area contributed by atoms with Crippen molar-refractivity contribution in [3.8, 4) is 0 Å². The largest absolute Gasteiger partial charge is 0.338 e. The first kappa shape index (κ1) is 14.0. The maximum Gasteiger partial charge on any atom is 0.274 e. The van der Waals surface area contributed by atoms with Crippen LogP contribution in [0.1, 0.15) is 42.6 Å². The molecule has 1 aromatic heterocycles. The fourth-order valence-electron chi connectivity index (χ4n) is 3.50. The summed E-state index contributed by atoms with van der Waals surface area (Å²) in [7, 11) is 1.87. The fourth-order valence-corrected chi connectivity index (χ4v) is 3.50. The van der Waals surface area contributed by atoms with Crippen LogP contribution in [0.5, 0.6) is 0 Å². The van der Waals surface area contributed by atoms with Gasteiger partial charge >= 0.3 is 0 Å². The number of carbonyl (C=O) groups excluding carboxylic acids is 2. The summed E-state index contributed by atoms with van der Waals surface area (Å²) in [5, 5.41) is 0. The summed E-state index contributed by atoms with van der Waals surface area (Å²) in [4.78, 5) is 36.3. The van der Waals surface area contributed by atoms with Crippen LogP contribution in [0.2, 0.25) is 0 Å². The van der Waals surface area contributed by atoms with Crippen molar-refractivity contribution in [2.45, 2.75) is 37.6 Å². The van der Waals surface area contributed by atoms with Crippen LogP contribution in [0, 0.1) is 0 Å². The van der Waals surface area contributed by atoms with Gasteiger partial charge in [-0.2, -0.15) is 0 Å². The van der Waals surface area contributed by atoms with Crippen LogP contribution in [0.4, 0.5) is 0 Å². The van der Waals surface area contributed by atoms with E-state index in [1.165, 1.54) is 12.4 Å². The first-order valence-corrected chi connectivity index (χ1v) is 7.44. The molecule has 6 nitrogen and oxygen atoms in total. The minimum atomic E-state index is -0.189. The molecule has 2 aliphatic heterocycles. The maximum atomic E-state index is 12.5. The van der Waals surface area contributed by atoms with Crippen molar-refractivity contribution in [1.29, 1.82) is 0 Å². The lowest BCUT2D eigenvalue weighted by Crippen LogP contribution is -2.61. The Morgan fingerprint density at radius 3 is 2.86 bits per heavy atom. The fraction of sp³-hybridized carbons (Fsp3) is 0.600. The van der Waals surface area contributed by atoms with Crippen LogP contribution >= 0.6 is 0 Å². The lowest BCUT2D eigenvalue weighted by molar-refractivity contribution is -0.142. The predicted octanol–water partition coefficient (Wildman–Crippen LogP) is 1.09. The molecule has 0 radical (unpaired) electrons. The van der Waals surface area contributed by atoms with Crippen molar-refractivity contribution in [2.75, 3.05) is 20.1 Å².